The number of nitrogen functional groups attached to an aromatic ring is 1. The first-order valence-electron chi connectivity index (χ1n) is 8.02. The molecule has 2 fully saturated rings. The average molecular weight is 352 g/mol. The number of rotatable bonds is 2. The fourth-order valence-electron chi connectivity index (χ4n) is 3.96. The first kappa shape index (κ1) is 16.6. The molecule has 1 aromatic carbocycles. The van der Waals surface area contributed by atoms with E-state index in [-0.39, 0.29) is 18.7 Å². The summed E-state index contributed by atoms with van der Waals surface area (Å²) in [4.78, 5) is 3.98. The molecular formula is C17H18F2N2O4. The lowest BCUT2D eigenvalue weighted by Crippen LogP contribution is -2.46. The number of nitrogens with zero attached hydrogens (tertiary/aromatic N) is 1. The van der Waals surface area contributed by atoms with E-state index in [0.29, 0.717) is 16.5 Å². The Morgan fingerprint density at radius 2 is 2.08 bits per heavy atom. The Bertz CT molecular complexity index is 836. The number of anilines is 1. The van der Waals surface area contributed by atoms with Crippen LogP contribution in [0, 0.1) is 11.7 Å². The van der Waals surface area contributed by atoms with E-state index in [0.717, 1.165) is 0 Å². The van der Waals surface area contributed by atoms with Crippen LogP contribution in [0.15, 0.2) is 24.3 Å². The molecule has 0 spiro atoms. The van der Waals surface area contributed by atoms with Crippen molar-refractivity contribution in [3.8, 4) is 0 Å². The number of fused-ring (bicyclic) bond motifs is 2. The SMILES string of the molecule is Nc1nc2cc(C[C@@H]3[C@H](F)C[C@@]4(O)[C@@H]3OC(O)[C@@H]4O)ccc2cc1F. The summed E-state index contributed by atoms with van der Waals surface area (Å²) in [6.07, 6.45) is -5.56. The van der Waals surface area contributed by atoms with Gasteiger partial charge in [-0.2, -0.15) is 0 Å². The van der Waals surface area contributed by atoms with Crippen molar-refractivity contribution in [1.82, 2.24) is 4.98 Å². The third kappa shape index (κ3) is 2.48. The highest BCUT2D eigenvalue weighted by molar-refractivity contribution is 5.80. The van der Waals surface area contributed by atoms with E-state index in [9.17, 15) is 24.1 Å². The summed E-state index contributed by atoms with van der Waals surface area (Å²) in [5.74, 6) is -1.55. The van der Waals surface area contributed by atoms with Crippen LogP contribution in [-0.2, 0) is 11.2 Å². The third-order valence-electron chi connectivity index (χ3n) is 5.27. The Labute approximate surface area is 141 Å². The monoisotopic (exact) mass is 352 g/mol. The summed E-state index contributed by atoms with van der Waals surface area (Å²) in [6.45, 7) is 0. The van der Waals surface area contributed by atoms with Crippen LogP contribution < -0.4 is 5.73 Å². The average Bonchev–Trinajstić information content (AvgIpc) is 2.92. The lowest BCUT2D eigenvalue weighted by Gasteiger charge is -2.25. The maximum Gasteiger partial charge on any atom is 0.184 e. The van der Waals surface area contributed by atoms with E-state index in [2.05, 4.69) is 4.98 Å². The number of pyridine rings is 1. The number of ether oxygens (including phenoxy) is 1. The highest BCUT2D eigenvalue weighted by Gasteiger charge is 2.64. The number of hydrogen-bond acceptors (Lipinski definition) is 6. The number of aliphatic hydroxyl groups is 3. The quantitative estimate of drug-likeness (QED) is 0.632. The number of benzene rings is 1. The lowest BCUT2D eigenvalue weighted by molar-refractivity contribution is -0.141. The molecular weight excluding hydrogens is 334 g/mol. The molecule has 4 rings (SSSR count). The molecule has 1 aliphatic heterocycles. The predicted octanol–water partition coefficient (Wildman–Crippen LogP) is 0.666. The Morgan fingerprint density at radius 1 is 1.32 bits per heavy atom. The first-order valence-corrected chi connectivity index (χ1v) is 8.02. The van der Waals surface area contributed by atoms with E-state index in [1.165, 1.54) is 6.07 Å². The van der Waals surface area contributed by atoms with Crippen LogP contribution >= 0.6 is 0 Å². The van der Waals surface area contributed by atoms with Crippen molar-refractivity contribution in [3.63, 3.8) is 0 Å². The number of aromatic nitrogens is 1. The molecule has 2 heterocycles. The van der Waals surface area contributed by atoms with Crippen LogP contribution in [0.4, 0.5) is 14.6 Å². The Morgan fingerprint density at radius 3 is 2.84 bits per heavy atom. The minimum atomic E-state index is -1.80. The van der Waals surface area contributed by atoms with Gasteiger partial charge in [0.25, 0.3) is 0 Å². The van der Waals surface area contributed by atoms with Crippen LogP contribution in [0.25, 0.3) is 10.9 Å². The zero-order valence-corrected chi connectivity index (χ0v) is 13.1. The zero-order valence-electron chi connectivity index (χ0n) is 13.1. The number of hydrogen-bond donors (Lipinski definition) is 4. The topological polar surface area (TPSA) is 109 Å². The van der Waals surface area contributed by atoms with E-state index < -0.39 is 42.0 Å². The summed E-state index contributed by atoms with van der Waals surface area (Å²) in [5, 5.41) is 30.5. The molecule has 1 saturated heterocycles. The molecule has 0 radical (unpaired) electrons. The molecule has 25 heavy (non-hydrogen) atoms. The minimum absolute atomic E-state index is 0.211. The van der Waals surface area contributed by atoms with Gasteiger partial charge in [0.2, 0.25) is 0 Å². The molecule has 5 N–H and O–H groups in total. The van der Waals surface area contributed by atoms with Gasteiger partial charge in [-0.05, 0) is 24.1 Å². The zero-order chi connectivity index (χ0) is 17.9. The molecule has 0 amide bonds. The summed E-state index contributed by atoms with van der Waals surface area (Å²) < 4.78 is 33.1. The van der Waals surface area contributed by atoms with Gasteiger partial charge in [0, 0.05) is 17.7 Å². The lowest BCUT2D eigenvalue weighted by atomic mass is 9.90. The number of halogens is 2. The van der Waals surface area contributed by atoms with Crippen LogP contribution in [0.2, 0.25) is 0 Å². The molecule has 6 atom stereocenters. The highest BCUT2D eigenvalue weighted by Crippen LogP contribution is 2.48. The van der Waals surface area contributed by atoms with Crippen molar-refractivity contribution in [2.75, 3.05) is 5.73 Å². The van der Waals surface area contributed by atoms with Gasteiger partial charge in [-0.1, -0.05) is 12.1 Å². The van der Waals surface area contributed by atoms with Gasteiger partial charge in [-0.3, -0.25) is 0 Å². The van der Waals surface area contributed by atoms with Gasteiger partial charge < -0.3 is 25.8 Å². The Hall–Kier alpha value is -1.87. The Balaban J connectivity index is 1.63. The molecule has 134 valence electrons. The molecule has 8 heteroatoms. The van der Waals surface area contributed by atoms with Crippen molar-refractivity contribution in [3.05, 3.63) is 35.6 Å². The number of aliphatic hydroxyl groups excluding tert-OH is 2. The van der Waals surface area contributed by atoms with Gasteiger partial charge in [0.15, 0.2) is 17.9 Å². The first-order chi connectivity index (χ1) is 11.8. The van der Waals surface area contributed by atoms with E-state index in [4.69, 9.17) is 10.5 Å². The standard InChI is InChI=1S/C17H18F2N2O4/c18-10-5-8-2-1-7(4-12(8)21-15(10)20)3-9-11(19)6-17(24)13(22)16(23)25-14(9)17/h1-2,4-5,9,11,13-14,16,22-24H,3,6H2,(H2,20,21)/t9-,11-,13+,14-,16?,17+/m1/s1. The smallest absolute Gasteiger partial charge is 0.184 e. The van der Waals surface area contributed by atoms with Gasteiger partial charge >= 0.3 is 0 Å². The molecule has 2 aliphatic rings. The van der Waals surface area contributed by atoms with Crippen molar-refractivity contribution in [2.45, 2.75) is 43.1 Å². The largest absolute Gasteiger partial charge is 0.385 e. The van der Waals surface area contributed by atoms with Crippen molar-refractivity contribution in [1.29, 1.82) is 0 Å². The maximum atomic E-state index is 14.5. The van der Waals surface area contributed by atoms with Crippen molar-refractivity contribution in [2.24, 2.45) is 5.92 Å². The second-order valence-electron chi connectivity index (χ2n) is 6.85. The molecule has 1 unspecified atom stereocenters. The van der Waals surface area contributed by atoms with Crippen LogP contribution in [0.1, 0.15) is 12.0 Å². The van der Waals surface area contributed by atoms with E-state index in [1.807, 2.05) is 0 Å². The van der Waals surface area contributed by atoms with Gasteiger partial charge in [-0.25, -0.2) is 13.8 Å². The normalized spacial score (nSPS) is 37.6. The van der Waals surface area contributed by atoms with E-state index in [1.54, 1.807) is 18.2 Å². The second kappa shape index (κ2) is 5.57. The fraction of sp³-hybridized carbons (Fsp3) is 0.471. The molecule has 1 aliphatic carbocycles. The molecule has 1 saturated carbocycles. The van der Waals surface area contributed by atoms with Gasteiger partial charge in [-0.15, -0.1) is 0 Å². The Kier molecular flexibility index (Phi) is 3.69. The van der Waals surface area contributed by atoms with Crippen LogP contribution in [0.5, 0.6) is 0 Å². The summed E-state index contributed by atoms with van der Waals surface area (Å²) in [5.41, 5.74) is 4.88. The molecule has 6 nitrogen and oxygen atoms in total. The second-order valence-corrected chi connectivity index (χ2v) is 6.85. The predicted molar refractivity (Wildman–Crippen MR) is 84.7 cm³/mol. The summed E-state index contributed by atoms with van der Waals surface area (Å²) in [7, 11) is 0. The molecule has 2 aromatic rings. The fourth-order valence-corrected chi connectivity index (χ4v) is 3.96. The third-order valence-corrected chi connectivity index (χ3v) is 5.27. The number of nitrogens with two attached hydrogens (primary N) is 1. The van der Waals surface area contributed by atoms with Crippen LogP contribution in [-0.4, -0.2) is 50.6 Å². The van der Waals surface area contributed by atoms with Gasteiger partial charge in [0.05, 0.1) is 11.6 Å². The maximum absolute atomic E-state index is 14.5. The van der Waals surface area contributed by atoms with E-state index >= 15 is 0 Å². The van der Waals surface area contributed by atoms with Crippen molar-refractivity contribution >= 4 is 16.7 Å². The summed E-state index contributed by atoms with van der Waals surface area (Å²) >= 11 is 0. The van der Waals surface area contributed by atoms with Crippen LogP contribution in [0.3, 0.4) is 0 Å². The molecule has 0 bridgehead atoms. The highest BCUT2D eigenvalue weighted by atomic mass is 19.1. The minimum Gasteiger partial charge on any atom is -0.385 e. The number of alkyl halides is 1. The molecule has 1 aromatic heterocycles. The summed E-state index contributed by atoms with van der Waals surface area (Å²) in [6, 6.07) is 6.33. The van der Waals surface area contributed by atoms with Gasteiger partial charge in [0.1, 0.15) is 17.9 Å². The van der Waals surface area contributed by atoms with Crippen molar-refractivity contribution < 1.29 is 28.8 Å².